The summed E-state index contributed by atoms with van der Waals surface area (Å²) in [5.41, 5.74) is 5.28. The fourth-order valence-electron chi connectivity index (χ4n) is 0.787. The van der Waals surface area contributed by atoms with Crippen LogP contribution in [0.25, 0.3) is 0 Å². The summed E-state index contributed by atoms with van der Waals surface area (Å²) in [6.45, 7) is 1.93. The maximum atomic E-state index is 11.4. The van der Waals surface area contributed by atoms with E-state index >= 15 is 0 Å². The van der Waals surface area contributed by atoms with E-state index in [0.29, 0.717) is 0 Å². The van der Waals surface area contributed by atoms with Gasteiger partial charge in [0.15, 0.2) is 0 Å². The first-order chi connectivity index (χ1) is 6.06. The van der Waals surface area contributed by atoms with Gasteiger partial charge in [0.1, 0.15) is 0 Å². The molecule has 1 aromatic rings. The lowest BCUT2D eigenvalue weighted by Crippen LogP contribution is -2.37. The molecule has 0 amide bonds. The van der Waals surface area contributed by atoms with Crippen LogP contribution in [-0.2, 0) is 10.0 Å². The second-order valence-corrected chi connectivity index (χ2v) is 4.34. The summed E-state index contributed by atoms with van der Waals surface area (Å²) in [4.78, 5) is 0. The van der Waals surface area contributed by atoms with Crippen LogP contribution in [0.3, 0.4) is 0 Å². The summed E-state index contributed by atoms with van der Waals surface area (Å²) in [5, 5.41) is -0.0900. The van der Waals surface area contributed by atoms with Crippen molar-refractivity contribution >= 4 is 22.4 Å². The number of sulfonamides is 1. The van der Waals surface area contributed by atoms with Crippen LogP contribution in [-0.4, -0.2) is 21.0 Å². The molecule has 0 aliphatic carbocycles. The van der Waals surface area contributed by atoms with Crippen LogP contribution in [0.5, 0.6) is 0 Å². The zero-order chi connectivity index (χ0) is 9.90. The molecule has 0 bridgehead atoms. The van der Waals surface area contributed by atoms with Crippen LogP contribution in [0.4, 0.5) is 0 Å². The van der Waals surface area contributed by atoms with Gasteiger partial charge in [0.2, 0.25) is 5.09 Å². The van der Waals surface area contributed by atoms with E-state index in [-0.39, 0.29) is 30.1 Å². The highest BCUT2D eigenvalue weighted by molar-refractivity contribution is 7.89. The zero-order valence-electron chi connectivity index (χ0n) is 7.64. The second-order valence-electron chi connectivity index (χ2n) is 2.69. The monoisotopic (exact) mass is 240 g/mol. The highest BCUT2D eigenvalue weighted by Crippen LogP contribution is 2.08. The molecule has 0 aliphatic rings. The van der Waals surface area contributed by atoms with Crippen molar-refractivity contribution in [2.45, 2.75) is 18.1 Å². The number of nitrogens with one attached hydrogen (secondary N) is 1. The molecular weight excluding hydrogens is 228 g/mol. The number of halogens is 1. The third-order valence-corrected chi connectivity index (χ3v) is 2.94. The Morgan fingerprint density at radius 2 is 2.29 bits per heavy atom. The highest BCUT2D eigenvalue weighted by atomic mass is 35.5. The lowest BCUT2D eigenvalue weighted by atomic mass is 10.4. The van der Waals surface area contributed by atoms with Gasteiger partial charge in [-0.25, -0.2) is 13.1 Å². The van der Waals surface area contributed by atoms with Crippen molar-refractivity contribution in [1.29, 1.82) is 0 Å². The number of furan rings is 1. The van der Waals surface area contributed by atoms with E-state index in [1.807, 2.05) is 0 Å². The summed E-state index contributed by atoms with van der Waals surface area (Å²) < 4.78 is 29.9. The Kier molecular flexibility index (Phi) is 5.14. The molecule has 1 aromatic heterocycles. The standard InChI is InChI=1S/C7H12N2O3S.ClH/c1-6(5-8)9-13(10,11)7-3-2-4-12-7;/h2-4,6,9H,5,8H2,1H3;1H/t6-;/m1./s1. The summed E-state index contributed by atoms with van der Waals surface area (Å²) in [5.74, 6) is 0. The summed E-state index contributed by atoms with van der Waals surface area (Å²) in [7, 11) is -3.52. The number of nitrogens with two attached hydrogens (primary N) is 1. The Labute approximate surface area is 89.1 Å². The average Bonchev–Trinajstić information content (AvgIpc) is 2.55. The van der Waals surface area contributed by atoms with E-state index in [9.17, 15) is 8.42 Å². The molecule has 0 fully saturated rings. The molecule has 0 aromatic carbocycles. The zero-order valence-corrected chi connectivity index (χ0v) is 9.27. The van der Waals surface area contributed by atoms with Gasteiger partial charge in [0.05, 0.1) is 6.26 Å². The van der Waals surface area contributed by atoms with Crippen LogP contribution in [0.15, 0.2) is 27.9 Å². The van der Waals surface area contributed by atoms with Crippen molar-refractivity contribution in [3.63, 3.8) is 0 Å². The van der Waals surface area contributed by atoms with Gasteiger partial charge in [0, 0.05) is 12.6 Å². The van der Waals surface area contributed by atoms with Crippen LogP contribution in [0, 0.1) is 0 Å². The molecule has 1 heterocycles. The van der Waals surface area contributed by atoms with Crippen LogP contribution >= 0.6 is 12.4 Å². The Morgan fingerprint density at radius 1 is 1.64 bits per heavy atom. The van der Waals surface area contributed by atoms with Gasteiger partial charge in [0.25, 0.3) is 10.0 Å². The predicted octanol–water partition coefficient (Wildman–Crippen LogP) is 0.327. The first-order valence-corrected chi connectivity index (χ1v) is 5.30. The molecule has 1 atom stereocenters. The first kappa shape index (κ1) is 13.4. The van der Waals surface area contributed by atoms with Crippen molar-refractivity contribution in [1.82, 2.24) is 4.72 Å². The molecule has 5 nitrogen and oxygen atoms in total. The number of hydrogen-bond donors (Lipinski definition) is 2. The molecule has 14 heavy (non-hydrogen) atoms. The Hall–Kier alpha value is -0.560. The largest absolute Gasteiger partial charge is 0.452 e. The fraction of sp³-hybridized carbons (Fsp3) is 0.429. The molecule has 0 aliphatic heterocycles. The van der Waals surface area contributed by atoms with E-state index in [4.69, 9.17) is 10.2 Å². The lowest BCUT2D eigenvalue weighted by molar-refractivity contribution is 0.442. The van der Waals surface area contributed by atoms with Gasteiger partial charge < -0.3 is 10.2 Å². The van der Waals surface area contributed by atoms with Crippen LogP contribution < -0.4 is 10.5 Å². The molecule has 1 rings (SSSR count). The van der Waals surface area contributed by atoms with Crippen molar-refractivity contribution < 1.29 is 12.8 Å². The van der Waals surface area contributed by atoms with Crippen molar-refractivity contribution in [2.24, 2.45) is 5.73 Å². The number of rotatable bonds is 4. The van der Waals surface area contributed by atoms with Gasteiger partial charge >= 0.3 is 0 Å². The Balaban J connectivity index is 0.00000169. The van der Waals surface area contributed by atoms with Crippen molar-refractivity contribution in [2.75, 3.05) is 6.54 Å². The topological polar surface area (TPSA) is 85.3 Å². The summed E-state index contributed by atoms with van der Waals surface area (Å²) in [6, 6.07) is 2.60. The van der Waals surface area contributed by atoms with Gasteiger partial charge in [-0.15, -0.1) is 12.4 Å². The van der Waals surface area contributed by atoms with E-state index in [0.717, 1.165) is 0 Å². The molecule has 7 heteroatoms. The quantitative estimate of drug-likeness (QED) is 0.794. The predicted molar refractivity (Wildman–Crippen MR) is 54.8 cm³/mol. The normalized spacial score (nSPS) is 13.3. The second kappa shape index (κ2) is 5.35. The minimum absolute atomic E-state index is 0. The Bertz CT molecular complexity index is 349. The van der Waals surface area contributed by atoms with Gasteiger partial charge in [-0.2, -0.15) is 0 Å². The third-order valence-electron chi connectivity index (χ3n) is 1.47. The third kappa shape index (κ3) is 3.30. The average molecular weight is 241 g/mol. The lowest BCUT2D eigenvalue weighted by Gasteiger charge is -2.09. The van der Waals surface area contributed by atoms with Crippen LogP contribution in [0.2, 0.25) is 0 Å². The fourth-order valence-corrected chi connectivity index (χ4v) is 1.97. The maximum Gasteiger partial charge on any atom is 0.274 e. The molecule has 0 radical (unpaired) electrons. The molecule has 0 saturated heterocycles. The van der Waals surface area contributed by atoms with E-state index in [1.54, 1.807) is 6.92 Å². The highest BCUT2D eigenvalue weighted by Gasteiger charge is 2.18. The van der Waals surface area contributed by atoms with Crippen molar-refractivity contribution in [3.05, 3.63) is 18.4 Å². The Morgan fingerprint density at radius 3 is 2.71 bits per heavy atom. The summed E-state index contributed by atoms with van der Waals surface area (Å²) >= 11 is 0. The molecule has 82 valence electrons. The first-order valence-electron chi connectivity index (χ1n) is 3.82. The molecule has 0 spiro atoms. The van der Waals surface area contributed by atoms with Crippen molar-refractivity contribution in [3.8, 4) is 0 Å². The van der Waals surface area contributed by atoms with E-state index < -0.39 is 10.0 Å². The van der Waals surface area contributed by atoms with Gasteiger partial charge in [-0.3, -0.25) is 0 Å². The van der Waals surface area contributed by atoms with E-state index in [1.165, 1.54) is 18.4 Å². The van der Waals surface area contributed by atoms with E-state index in [2.05, 4.69) is 4.72 Å². The number of hydrogen-bond acceptors (Lipinski definition) is 4. The summed E-state index contributed by atoms with van der Waals surface area (Å²) in [6.07, 6.45) is 1.31. The molecule has 0 saturated carbocycles. The van der Waals surface area contributed by atoms with Crippen LogP contribution in [0.1, 0.15) is 6.92 Å². The minimum atomic E-state index is -3.52. The van der Waals surface area contributed by atoms with Gasteiger partial charge in [-0.1, -0.05) is 0 Å². The van der Waals surface area contributed by atoms with Gasteiger partial charge in [-0.05, 0) is 19.1 Å². The SMILES string of the molecule is C[C@H](CN)NS(=O)(=O)c1ccco1.Cl. The maximum absolute atomic E-state index is 11.4. The molecule has 0 unspecified atom stereocenters. The minimum Gasteiger partial charge on any atom is -0.452 e. The smallest absolute Gasteiger partial charge is 0.274 e. The molecular formula is C7H13ClN2O3S. The molecule has 3 N–H and O–H groups in total.